The molecule has 0 amide bonds. The van der Waals surface area contributed by atoms with Crippen LogP contribution in [0.25, 0.3) is 0 Å². The summed E-state index contributed by atoms with van der Waals surface area (Å²) in [5.41, 5.74) is 2.01. The van der Waals surface area contributed by atoms with Crippen LogP contribution in [0.5, 0.6) is 17.2 Å². The standard InChI is InChI=1S/C17H18O3/c1-3-17(2)14-9-8-13(19)10-15(14)20-16(17)11-4-6-12(18)7-5-11/h4-10,16,18-19H,3H2,1-2H3. The zero-order valence-corrected chi connectivity index (χ0v) is 11.6. The number of hydrogen-bond acceptors (Lipinski definition) is 3. The SMILES string of the molecule is CCC1(C)c2ccc(O)cc2OC1c1ccc(O)cc1. The molecule has 0 aliphatic carbocycles. The number of benzene rings is 2. The molecule has 2 aromatic carbocycles. The third-order valence-corrected chi connectivity index (χ3v) is 4.33. The van der Waals surface area contributed by atoms with Crippen molar-refractivity contribution >= 4 is 0 Å². The normalized spacial score (nSPS) is 24.2. The van der Waals surface area contributed by atoms with Crippen molar-refractivity contribution in [1.29, 1.82) is 0 Å². The lowest BCUT2D eigenvalue weighted by molar-refractivity contribution is 0.154. The summed E-state index contributed by atoms with van der Waals surface area (Å²) in [6, 6.07) is 12.4. The van der Waals surface area contributed by atoms with Crippen LogP contribution in [0.1, 0.15) is 37.5 Å². The van der Waals surface area contributed by atoms with Crippen LogP contribution in [0.15, 0.2) is 42.5 Å². The second kappa shape index (κ2) is 4.44. The summed E-state index contributed by atoms with van der Waals surface area (Å²) in [7, 11) is 0. The smallest absolute Gasteiger partial charge is 0.133 e. The Kier molecular flexibility index (Phi) is 2.85. The average molecular weight is 270 g/mol. The van der Waals surface area contributed by atoms with Gasteiger partial charge in [0.25, 0.3) is 0 Å². The molecule has 2 N–H and O–H groups in total. The highest BCUT2D eigenvalue weighted by Crippen LogP contribution is 2.52. The monoisotopic (exact) mass is 270 g/mol. The molecule has 3 nitrogen and oxygen atoms in total. The van der Waals surface area contributed by atoms with E-state index in [0.717, 1.165) is 23.3 Å². The number of hydrogen-bond donors (Lipinski definition) is 2. The summed E-state index contributed by atoms with van der Waals surface area (Å²) in [5, 5.41) is 19.0. The van der Waals surface area contributed by atoms with Gasteiger partial charge in [0.15, 0.2) is 0 Å². The highest BCUT2D eigenvalue weighted by molar-refractivity contribution is 5.50. The molecule has 1 aliphatic heterocycles. The molecule has 3 heteroatoms. The molecule has 104 valence electrons. The van der Waals surface area contributed by atoms with E-state index >= 15 is 0 Å². The molecule has 2 atom stereocenters. The van der Waals surface area contributed by atoms with Gasteiger partial charge in [-0.15, -0.1) is 0 Å². The van der Waals surface area contributed by atoms with E-state index in [9.17, 15) is 10.2 Å². The second-order valence-electron chi connectivity index (χ2n) is 5.54. The minimum atomic E-state index is -0.139. The Morgan fingerprint density at radius 2 is 1.70 bits per heavy atom. The lowest BCUT2D eigenvalue weighted by Crippen LogP contribution is -2.27. The van der Waals surface area contributed by atoms with Gasteiger partial charge in [-0.1, -0.05) is 32.0 Å². The lowest BCUT2D eigenvalue weighted by Gasteiger charge is -2.29. The maximum atomic E-state index is 9.62. The van der Waals surface area contributed by atoms with Crippen LogP contribution >= 0.6 is 0 Å². The Labute approximate surface area is 118 Å². The van der Waals surface area contributed by atoms with Gasteiger partial charge in [0, 0.05) is 17.0 Å². The number of phenols is 2. The Morgan fingerprint density at radius 1 is 1.05 bits per heavy atom. The number of aromatic hydroxyl groups is 2. The summed E-state index contributed by atoms with van der Waals surface area (Å²) in [4.78, 5) is 0. The van der Waals surface area contributed by atoms with Crippen molar-refractivity contribution in [3.05, 3.63) is 53.6 Å². The number of rotatable bonds is 2. The third-order valence-electron chi connectivity index (χ3n) is 4.33. The van der Waals surface area contributed by atoms with Crippen molar-refractivity contribution in [2.24, 2.45) is 0 Å². The van der Waals surface area contributed by atoms with E-state index in [1.807, 2.05) is 18.2 Å². The highest BCUT2D eigenvalue weighted by Gasteiger charge is 2.44. The summed E-state index contributed by atoms with van der Waals surface area (Å²) < 4.78 is 6.08. The third kappa shape index (κ3) is 1.82. The van der Waals surface area contributed by atoms with Crippen LogP contribution in [0.4, 0.5) is 0 Å². The van der Waals surface area contributed by atoms with Crippen molar-refractivity contribution < 1.29 is 14.9 Å². The number of fused-ring (bicyclic) bond motifs is 1. The van der Waals surface area contributed by atoms with Gasteiger partial charge in [0.1, 0.15) is 23.4 Å². The first-order chi connectivity index (χ1) is 9.54. The quantitative estimate of drug-likeness (QED) is 0.870. The van der Waals surface area contributed by atoms with Crippen molar-refractivity contribution in [1.82, 2.24) is 0 Å². The van der Waals surface area contributed by atoms with Gasteiger partial charge in [-0.05, 0) is 30.2 Å². The second-order valence-corrected chi connectivity index (χ2v) is 5.54. The molecular weight excluding hydrogens is 252 g/mol. The van der Waals surface area contributed by atoms with E-state index in [1.165, 1.54) is 0 Å². The minimum Gasteiger partial charge on any atom is -0.508 e. The van der Waals surface area contributed by atoms with E-state index in [2.05, 4.69) is 13.8 Å². The lowest BCUT2D eigenvalue weighted by atomic mass is 9.74. The van der Waals surface area contributed by atoms with Crippen molar-refractivity contribution in [3.8, 4) is 17.2 Å². The van der Waals surface area contributed by atoms with Crippen molar-refractivity contribution in [3.63, 3.8) is 0 Å². The Bertz CT molecular complexity index is 633. The summed E-state index contributed by atoms with van der Waals surface area (Å²) in [6.45, 7) is 4.31. The summed E-state index contributed by atoms with van der Waals surface area (Å²) in [6.07, 6.45) is 0.820. The van der Waals surface area contributed by atoms with E-state index < -0.39 is 0 Å². The maximum Gasteiger partial charge on any atom is 0.133 e. The first-order valence-corrected chi connectivity index (χ1v) is 6.83. The molecule has 1 aliphatic rings. The van der Waals surface area contributed by atoms with E-state index in [4.69, 9.17) is 4.74 Å². The van der Waals surface area contributed by atoms with E-state index in [0.29, 0.717) is 0 Å². The zero-order chi connectivity index (χ0) is 14.3. The van der Waals surface area contributed by atoms with Gasteiger partial charge in [-0.2, -0.15) is 0 Å². The first kappa shape index (κ1) is 12.9. The van der Waals surface area contributed by atoms with E-state index in [1.54, 1.807) is 24.3 Å². The predicted molar refractivity (Wildman–Crippen MR) is 77.2 cm³/mol. The van der Waals surface area contributed by atoms with Crippen LogP contribution < -0.4 is 4.74 Å². The Hall–Kier alpha value is -2.16. The molecule has 2 unspecified atom stereocenters. The molecule has 1 heterocycles. The van der Waals surface area contributed by atoms with Crippen LogP contribution in [0.3, 0.4) is 0 Å². The Balaban J connectivity index is 2.08. The van der Waals surface area contributed by atoms with Gasteiger partial charge in [0.05, 0.1) is 0 Å². The molecular formula is C17H18O3. The fourth-order valence-electron chi connectivity index (χ4n) is 2.94. The molecule has 0 radical (unpaired) electrons. The molecule has 0 saturated carbocycles. The molecule has 20 heavy (non-hydrogen) atoms. The largest absolute Gasteiger partial charge is 0.508 e. The molecule has 0 bridgehead atoms. The first-order valence-electron chi connectivity index (χ1n) is 6.83. The summed E-state index contributed by atoms with van der Waals surface area (Å²) >= 11 is 0. The molecule has 3 rings (SSSR count). The molecule has 0 spiro atoms. The molecule has 2 aromatic rings. The van der Waals surface area contributed by atoms with E-state index in [-0.39, 0.29) is 23.0 Å². The fraction of sp³-hybridized carbons (Fsp3) is 0.294. The average Bonchev–Trinajstić information content (AvgIpc) is 2.73. The topological polar surface area (TPSA) is 49.7 Å². The Morgan fingerprint density at radius 3 is 2.35 bits per heavy atom. The van der Waals surface area contributed by atoms with Gasteiger partial charge in [0.2, 0.25) is 0 Å². The van der Waals surface area contributed by atoms with Crippen LogP contribution in [0, 0.1) is 0 Å². The molecule has 0 saturated heterocycles. The molecule has 0 aromatic heterocycles. The van der Waals surface area contributed by atoms with Gasteiger partial charge in [-0.25, -0.2) is 0 Å². The van der Waals surface area contributed by atoms with Crippen LogP contribution in [0.2, 0.25) is 0 Å². The summed E-state index contributed by atoms with van der Waals surface area (Å²) in [5.74, 6) is 1.21. The van der Waals surface area contributed by atoms with Crippen molar-refractivity contribution in [2.75, 3.05) is 0 Å². The van der Waals surface area contributed by atoms with Crippen LogP contribution in [-0.2, 0) is 5.41 Å². The zero-order valence-electron chi connectivity index (χ0n) is 11.6. The number of phenolic OH excluding ortho intramolecular Hbond substituents is 2. The highest BCUT2D eigenvalue weighted by atomic mass is 16.5. The van der Waals surface area contributed by atoms with Crippen molar-refractivity contribution in [2.45, 2.75) is 31.8 Å². The minimum absolute atomic E-state index is 0.107. The fourth-order valence-corrected chi connectivity index (χ4v) is 2.94. The maximum absolute atomic E-state index is 9.62. The van der Waals surface area contributed by atoms with Crippen LogP contribution in [-0.4, -0.2) is 10.2 Å². The van der Waals surface area contributed by atoms with Gasteiger partial charge >= 0.3 is 0 Å². The predicted octanol–water partition coefficient (Wildman–Crippen LogP) is 3.90. The van der Waals surface area contributed by atoms with Gasteiger partial charge < -0.3 is 14.9 Å². The van der Waals surface area contributed by atoms with Gasteiger partial charge in [-0.3, -0.25) is 0 Å². The number of ether oxygens (including phenoxy) is 1. The molecule has 0 fully saturated rings.